The number of hydrogen-bond donors (Lipinski definition) is 0. The van der Waals surface area contributed by atoms with Crippen molar-refractivity contribution in [1.29, 1.82) is 0 Å². The molecule has 21 heavy (non-hydrogen) atoms. The standard InChI is InChI=1S/C13H18F3N3S2/c14-13(15,16)4-2-6-20-12-11(17-21-18-12)10-8-19-5-1-3-9(10)7-19/h9-10H,1-8H2/t9-,10+/m1/s1. The first-order valence-electron chi connectivity index (χ1n) is 7.27. The third-order valence-corrected chi connectivity index (χ3v) is 5.97. The van der Waals surface area contributed by atoms with Gasteiger partial charge in [-0.1, -0.05) is 0 Å². The molecule has 2 aliphatic heterocycles. The fourth-order valence-corrected chi connectivity index (χ4v) is 4.99. The van der Waals surface area contributed by atoms with Crippen molar-refractivity contribution in [2.45, 2.75) is 42.8 Å². The Balaban J connectivity index is 1.57. The maximum Gasteiger partial charge on any atom is 0.389 e. The van der Waals surface area contributed by atoms with Crippen LogP contribution in [0.3, 0.4) is 0 Å². The van der Waals surface area contributed by atoms with E-state index in [1.165, 1.54) is 42.9 Å². The highest BCUT2D eigenvalue weighted by Gasteiger charge is 2.39. The molecule has 0 aliphatic carbocycles. The Kier molecular flexibility index (Phi) is 4.75. The zero-order valence-electron chi connectivity index (χ0n) is 11.6. The van der Waals surface area contributed by atoms with Gasteiger partial charge in [-0.15, -0.1) is 11.8 Å². The maximum absolute atomic E-state index is 12.2. The van der Waals surface area contributed by atoms with Crippen molar-refractivity contribution in [1.82, 2.24) is 13.6 Å². The number of thioether (sulfide) groups is 1. The lowest BCUT2D eigenvalue weighted by Crippen LogP contribution is -2.25. The third-order valence-electron chi connectivity index (χ3n) is 4.24. The number of nitrogens with zero attached hydrogens (tertiary/aromatic N) is 3. The Bertz CT molecular complexity index is 477. The van der Waals surface area contributed by atoms with Crippen LogP contribution < -0.4 is 0 Å². The van der Waals surface area contributed by atoms with Gasteiger partial charge in [-0.25, -0.2) is 0 Å². The van der Waals surface area contributed by atoms with Gasteiger partial charge in [0.1, 0.15) is 5.03 Å². The van der Waals surface area contributed by atoms with Gasteiger partial charge < -0.3 is 4.90 Å². The molecule has 1 aromatic heterocycles. The van der Waals surface area contributed by atoms with Crippen LogP contribution >= 0.6 is 23.5 Å². The molecule has 3 heterocycles. The number of alkyl halides is 3. The van der Waals surface area contributed by atoms with Gasteiger partial charge in [0.15, 0.2) is 0 Å². The van der Waals surface area contributed by atoms with Crippen molar-refractivity contribution < 1.29 is 13.2 Å². The molecule has 0 saturated carbocycles. The summed E-state index contributed by atoms with van der Waals surface area (Å²) in [5.74, 6) is 1.53. The fourth-order valence-electron chi connectivity index (χ4n) is 3.28. The molecule has 0 spiro atoms. The van der Waals surface area contributed by atoms with E-state index in [-0.39, 0.29) is 6.42 Å². The summed E-state index contributed by atoms with van der Waals surface area (Å²) in [7, 11) is 0. The smallest absolute Gasteiger partial charge is 0.302 e. The van der Waals surface area contributed by atoms with Crippen molar-refractivity contribution >= 4 is 23.5 Å². The van der Waals surface area contributed by atoms with Gasteiger partial charge in [0.2, 0.25) is 0 Å². The number of fused-ring (bicyclic) bond motifs is 2. The van der Waals surface area contributed by atoms with E-state index in [2.05, 4.69) is 13.6 Å². The number of hydrogen-bond acceptors (Lipinski definition) is 5. The second-order valence-corrected chi connectivity index (χ2v) is 7.40. The first-order chi connectivity index (χ1) is 10.0. The second kappa shape index (κ2) is 6.42. The van der Waals surface area contributed by atoms with Crippen molar-refractivity contribution in [3.8, 4) is 0 Å². The van der Waals surface area contributed by atoms with Gasteiger partial charge in [-0.2, -0.15) is 21.9 Å². The molecular weight excluding hydrogens is 319 g/mol. The fraction of sp³-hybridized carbons (Fsp3) is 0.846. The van der Waals surface area contributed by atoms with Crippen LogP contribution in [0.2, 0.25) is 0 Å². The van der Waals surface area contributed by atoms with E-state index in [1.807, 2.05) is 0 Å². The molecule has 0 amide bonds. The Labute approximate surface area is 130 Å². The Hall–Kier alpha value is -0.340. The zero-order valence-corrected chi connectivity index (χ0v) is 13.2. The van der Waals surface area contributed by atoms with Crippen molar-refractivity contribution in [2.75, 3.05) is 25.4 Å². The monoisotopic (exact) mass is 337 g/mol. The molecule has 1 aromatic rings. The van der Waals surface area contributed by atoms with Gasteiger partial charge in [0.05, 0.1) is 17.4 Å². The molecule has 2 fully saturated rings. The first kappa shape index (κ1) is 15.6. The van der Waals surface area contributed by atoms with E-state index in [9.17, 15) is 13.2 Å². The minimum absolute atomic E-state index is 0.144. The highest BCUT2D eigenvalue weighted by molar-refractivity contribution is 7.99. The van der Waals surface area contributed by atoms with E-state index in [1.54, 1.807) is 0 Å². The summed E-state index contributed by atoms with van der Waals surface area (Å²) < 4.78 is 45.2. The second-order valence-electron chi connectivity index (χ2n) is 5.79. The lowest BCUT2D eigenvalue weighted by atomic mass is 9.89. The summed E-state index contributed by atoms with van der Waals surface area (Å²) in [5, 5.41) is 0.862. The largest absolute Gasteiger partial charge is 0.389 e. The van der Waals surface area contributed by atoms with E-state index in [0.29, 0.717) is 17.6 Å². The highest BCUT2D eigenvalue weighted by atomic mass is 32.2. The molecule has 3 rings (SSSR count). The molecule has 0 radical (unpaired) electrons. The lowest BCUT2D eigenvalue weighted by molar-refractivity contribution is -0.134. The van der Waals surface area contributed by atoms with Crippen LogP contribution in [0, 0.1) is 5.92 Å². The van der Waals surface area contributed by atoms with E-state index in [4.69, 9.17) is 0 Å². The van der Waals surface area contributed by atoms with Gasteiger partial charge in [-0.05, 0) is 37.5 Å². The minimum Gasteiger partial charge on any atom is -0.302 e. The van der Waals surface area contributed by atoms with Gasteiger partial charge in [0, 0.05) is 25.4 Å². The van der Waals surface area contributed by atoms with Gasteiger partial charge in [0.25, 0.3) is 0 Å². The van der Waals surface area contributed by atoms with Crippen LogP contribution in [0.15, 0.2) is 5.03 Å². The molecule has 0 aromatic carbocycles. The molecule has 3 atom stereocenters. The predicted molar refractivity (Wildman–Crippen MR) is 77.8 cm³/mol. The number of rotatable bonds is 5. The Morgan fingerprint density at radius 2 is 2.14 bits per heavy atom. The van der Waals surface area contributed by atoms with Crippen molar-refractivity contribution in [3.05, 3.63) is 5.69 Å². The topological polar surface area (TPSA) is 29.0 Å². The van der Waals surface area contributed by atoms with E-state index in [0.717, 1.165) is 23.8 Å². The molecule has 3 nitrogen and oxygen atoms in total. The van der Waals surface area contributed by atoms with Crippen molar-refractivity contribution in [3.63, 3.8) is 0 Å². The maximum atomic E-state index is 12.2. The van der Waals surface area contributed by atoms with Gasteiger partial charge in [-0.3, -0.25) is 0 Å². The van der Waals surface area contributed by atoms with Crippen molar-refractivity contribution in [2.24, 2.45) is 5.92 Å². The summed E-state index contributed by atoms with van der Waals surface area (Å²) in [6, 6.07) is 0. The van der Waals surface area contributed by atoms with Crippen LogP contribution in [-0.2, 0) is 0 Å². The molecule has 2 bridgehead atoms. The molecule has 118 valence electrons. The lowest BCUT2D eigenvalue weighted by Gasteiger charge is -2.21. The summed E-state index contributed by atoms with van der Waals surface area (Å²) in [6.07, 6.45) is -2.15. The van der Waals surface area contributed by atoms with Crippen LogP contribution in [0.1, 0.15) is 37.3 Å². The number of piperidine rings is 1. The highest BCUT2D eigenvalue weighted by Crippen LogP contribution is 2.41. The quantitative estimate of drug-likeness (QED) is 0.604. The summed E-state index contributed by atoms with van der Waals surface area (Å²) in [6.45, 7) is 3.34. The minimum atomic E-state index is -4.06. The zero-order chi connectivity index (χ0) is 14.9. The van der Waals surface area contributed by atoms with Crippen LogP contribution in [0.5, 0.6) is 0 Å². The number of aromatic nitrogens is 2. The van der Waals surface area contributed by atoms with E-state index >= 15 is 0 Å². The average molecular weight is 337 g/mol. The molecular formula is C13H18F3N3S2. The van der Waals surface area contributed by atoms with Crippen LogP contribution in [0.25, 0.3) is 0 Å². The number of halogens is 3. The third kappa shape index (κ3) is 3.90. The molecule has 2 saturated heterocycles. The Morgan fingerprint density at radius 1 is 1.29 bits per heavy atom. The van der Waals surface area contributed by atoms with E-state index < -0.39 is 12.6 Å². The summed E-state index contributed by atoms with van der Waals surface area (Å²) in [5.41, 5.74) is 1.03. The molecule has 8 heteroatoms. The normalized spacial score (nSPS) is 29.0. The Morgan fingerprint density at radius 3 is 2.90 bits per heavy atom. The summed E-state index contributed by atoms with van der Waals surface area (Å²) >= 11 is 2.62. The molecule has 0 N–H and O–H groups in total. The SMILES string of the molecule is FC(F)(F)CCCSc1nsnc1[C@H]1CN2CCC[C@@H]1C2. The first-order valence-corrected chi connectivity index (χ1v) is 8.99. The predicted octanol–water partition coefficient (Wildman–Crippen LogP) is 3.78. The molecule has 1 unspecified atom stereocenters. The van der Waals surface area contributed by atoms with Gasteiger partial charge >= 0.3 is 6.18 Å². The molecule has 2 aliphatic rings. The average Bonchev–Trinajstić information content (AvgIpc) is 2.98. The van der Waals surface area contributed by atoms with Crippen LogP contribution in [-0.4, -0.2) is 45.2 Å². The van der Waals surface area contributed by atoms with Crippen LogP contribution in [0.4, 0.5) is 13.2 Å². The summed E-state index contributed by atoms with van der Waals surface area (Å²) in [4.78, 5) is 2.47.